The normalized spacial score (nSPS) is 9.00. The topological polar surface area (TPSA) is 12.9 Å². The van der Waals surface area contributed by atoms with Crippen LogP contribution in [0.5, 0.6) is 0 Å². The molecule has 0 amide bonds. The van der Waals surface area contributed by atoms with Crippen LogP contribution >= 0.6 is 0 Å². The lowest BCUT2D eigenvalue weighted by molar-refractivity contribution is 0.756. The molecule has 0 aliphatic rings. The van der Waals surface area contributed by atoms with Gasteiger partial charge in [-0.05, 0) is 12.1 Å². The van der Waals surface area contributed by atoms with E-state index in [9.17, 15) is 4.39 Å². The molecule has 0 fully saturated rings. The Bertz CT molecular complexity index is 205. The van der Waals surface area contributed by atoms with Crippen LogP contribution in [0.25, 0.3) is 5.83 Å². The molecule has 0 unspecified atom stereocenters. The molecule has 1 rings (SSSR count). The highest BCUT2D eigenvalue weighted by molar-refractivity contribution is 5.51. The van der Waals surface area contributed by atoms with Crippen LogP contribution in [0.4, 0.5) is 4.39 Å². The third-order valence-corrected chi connectivity index (χ3v) is 0.943. The highest BCUT2D eigenvalue weighted by Crippen LogP contribution is 2.07. The average molecular weight is 123 g/mol. The average Bonchev–Trinajstić information content (AvgIpc) is 1.90. The fourth-order valence-corrected chi connectivity index (χ4v) is 0.523. The number of nitrogens with zero attached hydrogens (tertiary/aromatic N) is 1. The molecule has 0 saturated carbocycles. The van der Waals surface area contributed by atoms with E-state index in [0.29, 0.717) is 5.69 Å². The van der Waals surface area contributed by atoms with Crippen molar-refractivity contribution >= 4 is 5.83 Å². The van der Waals surface area contributed by atoms with E-state index in [-0.39, 0.29) is 0 Å². The van der Waals surface area contributed by atoms with Crippen LogP contribution in [0, 0.1) is 0 Å². The Morgan fingerprint density at radius 1 is 1.56 bits per heavy atom. The Labute approximate surface area is 52.9 Å². The van der Waals surface area contributed by atoms with Crippen molar-refractivity contribution in [1.29, 1.82) is 0 Å². The molecule has 0 saturated heterocycles. The van der Waals surface area contributed by atoms with Gasteiger partial charge >= 0.3 is 0 Å². The zero-order chi connectivity index (χ0) is 6.69. The Morgan fingerprint density at radius 2 is 2.33 bits per heavy atom. The monoisotopic (exact) mass is 123 g/mol. The van der Waals surface area contributed by atoms with Gasteiger partial charge in [0.25, 0.3) is 0 Å². The standard InChI is InChI=1S/C7H6FN/c1-6(8)7-4-2-3-5-9-7/h2-5H,1H2. The van der Waals surface area contributed by atoms with Crippen LogP contribution in [0.3, 0.4) is 0 Å². The first-order valence-electron chi connectivity index (χ1n) is 2.56. The minimum Gasteiger partial charge on any atom is -0.254 e. The van der Waals surface area contributed by atoms with Crippen molar-refractivity contribution in [3.63, 3.8) is 0 Å². The molecule has 0 atom stereocenters. The molecule has 0 radical (unpaired) electrons. The molecule has 0 aliphatic heterocycles. The Morgan fingerprint density at radius 3 is 2.67 bits per heavy atom. The number of pyridine rings is 1. The highest BCUT2D eigenvalue weighted by Gasteiger charge is 1.92. The van der Waals surface area contributed by atoms with Gasteiger partial charge in [0.2, 0.25) is 0 Å². The molecule has 0 N–H and O–H groups in total. The van der Waals surface area contributed by atoms with E-state index in [2.05, 4.69) is 11.6 Å². The maximum absolute atomic E-state index is 12.2. The van der Waals surface area contributed by atoms with E-state index in [0.717, 1.165) is 0 Å². The number of hydrogen-bond acceptors (Lipinski definition) is 1. The summed E-state index contributed by atoms with van der Waals surface area (Å²) >= 11 is 0. The summed E-state index contributed by atoms with van der Waals surface area (Å²) < 4.78 is 12.2. The predicted octanol–water partition coefficient (Wildman–Crippen LogP) is 2.02. The zero-order valence-corrected chi connectivity index (χ0v) is 4.84. The van der Waals surface area contributed by atoms with Crippen molar-refractivity contribution in [3.05, 3.63) is 36.7 Å². The fraction of sp³-hybridized carbons (Fsp3) is 0. The lowest BCUT2D eigenvalue weighted by atomic mass is 10.3. The minimum absolute atomic E-state index is 0.303. The first-order valence-corrected chi connectivity index (χ1v) is 2.56. The lowest BCUT2D eigenvalue weighted by Crippen LogP contribution is -1.79. The van der Waals surface area contributed by atoms with Crippen LogP contribution in [0.2, 0.25) is 0 Å². The molecule has 0 aliphatic carbocycles. The van der Waals surface area contributed by atoms with Gasteiger partial charge < -0.3 is 0 Å². The summed E-state index contributed by atoms with van der Waals surface area (Å²) in [5.41, 5.74) is 0.303. The second-order valence-electron chi connectivity index (χ2n) is 1.62. The van der Waals surface area contributed by atoms with E-state index >= 15 is 0 Å². The number of halogens is 1. The molecule has 2 heteroatoms. The molecule has 1 nitrogen and oxygen atoms in total. The molecule has 9 heavy (non-hydrogen) atoms. The van der Waals surface area contributed by atoms with Crippen LogP contribution < -0.4 is 0 Å². The summed E-state index contributed by atoms with van der Waals surface area (Å²) in [4.78, 5) is 3.70. The summed E-state index contributed by atoms with van der Waals surface area (Å²) in [6.07, 6.45) is 1.53. The van der Waals surface area contributed by atoms with E-state index in [1.165, 1.54) is 6.20 Å². The molecule has 1 aromatic heterocycles. The largest absolute Gasteiger partial charge is 0.254 e. The van der Waals surface area contributed by atoms with Crippen molar-refractivity contribution in [2.45, 2.75) is 0 Å². The lowest BCUT2D eigenvalue weighted by Gasteiger charge is -1.89. The maximum Gasteiger partial charge on any atom is 0.141 e. The summed E-state index contributed by atoms with van der Waals surface area (Å²) in [7, 11) is 0. The van der Waals surface area contributed by atoms with Crippen molar-refractivity contribution in [2.24, 2.45) is 0 Å². The van der Waals surface area contributed by atoms with Gasteiger partial charge in [-0.2, -0.15) is 0 Å². The quantitative estimate of drug-likeness (QED) is 0.556. The molecular weight excluding hydrogens is 117 g/mol. The highest BCUT2D eigenvalue weighted by atomic mass is 19.1. The Hall–Kier alpha value is -1.18. The minimum atomic E-state index is -0.490. The summed E-state index contributed by atoms with van der Waals surface area (Å²) in [5.74, 6) is -0.490. The number of rotatable bonds is 1. The van der Waals surface area contributed by atoms with Gasteiger partial charge in [0, 0.05) is 6.20 Å². The third kappa shape index (κ3) is 1.35. The number of hydrogen-bond donors (Lipinski definition) is 0. The third-order valence-electron chi connectivity index (χ3n) is 0.943. The van der Waals surface area contributed by atoms with E-state index in [4.69, 9.17) is 0 Å². The van der Waals surface area contributed by atoms with E-state index in [1.54, 1.807) is 18.2 Å². The van der Waals surface area contributed by atoms with Gasteiger partial charge in [-0.3, -0.25) is 4.98 Å². The van der Waals surface area contributed by atoms with Crippen LogP contribution in [-0.2, 0) is 0 Å². The van der Waals surface area contributed by atoms with Crippen molar-refractivity contribution < 1.29 is 4.39 Å². The SMILES string of the molecule is C=C(F)c1ccccn1. The molecule has 46 valence electrons. The Kier molecular flexibility index (Phi) is 1.58. The molecule has 0 bridgehead atoms. The van der Waals surface area contributed by atoms with E-state index < -0.39 is 5.83 Å². The molecule has 1 heterocycles. The molecular formula is C7H6FN. The van der Waals surface area contributed by atoms with Crippen LogP contribution in [0.1, 0.15) is 5.69 Å². The first-order chi connectivity index (χ1) is 4.30. The molecule has 0 aromatic carbocycles. The molecule has 1 aromatic rings. The van der Waals surface area contributed by atoms with Gasteiger partial charge in [0.15, 0.2) is 0 Å². The van der Waals surface area contributed by atoms with E-state index in [1.807, 2.05) is 0 Å². The number of aromatic nitrogens is 1. The fourth-order valence-electron chi connectivity index (χ4n) is 0.523. The van der Waals surface area contributed by atoms with Gasteiger partial charge in [-0.15, -0.1) is 0 Å². The molecule has 0 spiro atoms. The van der Waals surface area contributed by atoms with Gasteiger partial charge in [-0.25, -0.2) is 4.39 Å². The summed E-state index contributed by atoms with van der Waals surface area (Å²) in [6.45, 7) is 3.10. The second-order valence-corrected chi connectivity index (χ2v) is 1.62. The first kappa shape index (κ1) is 5.95. The van der Waals surface area contributed by atoms with Gasteiger partial charge in [0.05, 0.1) is 5.69 Å². The van der Waals surface area contributed by atoms with Crippen LogP contribution in [-0.4, -0.2) is 4.98 Å². The van der Waals surface area contributed by atoms with Crippen LogP contribution in [0.15, 0.2) is 31.0 Å². The second kappa shape index (κ2) is 2.40. The Balaban J connectivity index is 2.98. The zero-order valence-electron chi connectivity index (χ0n) is 4.84. The van der Waals surface area contributed by atoms with Gasteiger partial charge in [-0.1, -0.05) is 12.6 Å². The van der Waals surface area contributed by atoms with Crippen molar-refractivity contribution in [2.75, 3.05) is 0 Å². The maximum atomic E-state index is 12.2. The van der Waals surface area contributed by atoms with Crippen molar-refractivity contribution in [3.8, 4) is 0 Å². The summed E-state index contributed by atoms with van der Waals surface area (Å²) in [6, 6.07) is 5.02. The van der Waals surface area contributed by atoms with Gasteiger partial charge in [0.1, 0.15) is 5.83 Å². The smallest absolute Gasteiger partial charge is 0.141 e. The predicted molar refractivity (Wildman–Crippen MR) is 34.4 cm³/mol. The van der Waals surface area contributed by atoms with Crippen molar-refractivity contribution in [1.82, 2.24) is 4.98 Å². The summed E-state index contributed by atoms with van der Waals surface area (Å²) in [5, 5.41) is 0.